The first-order valence-electron chi connectivity index (χ1n) is 6.28. The van der Waals surface area contributed by atoms with Crippen molar-refractivity contribution < 1.29 is 13.2 Å². The van der Waals surface area contributed by atoms with Crippen LogP contribution in [0.1, 0.15) is 13.8 Å². The predicted octanol–water partition coefficient (Wildman–Crippen LogP) is 3.43. The summed E-state index contributed by atoms with van der Waals surface area (Å²) in [6, 6.07) is 9.64. The molecule has 0 unspecified atom stereocenters. The number of halogens is 1. The highest BCUT2D eigenvalue weighted by Gasteiger charge is 2.17. The second-order valence-corrected chi connectivity index (χ2v) is 7.18. The quantitative estimate of drug-likeness (QED) is 0.875. The van der Waals surface area contributed by atoms with Gasteiger partial charge in [-0.2, -0.15) is 0 Å². The molecule has 2 rings (SSSR count). The molecule has 1 N–H and O–H groups in total. The van der Waals surface area contributed by atoms with E-state index in [0.717, 1.165) is 4.47 Å². The van der Waals surface area contributed by atoms with Gasteiger partial charge in [-0.25, -0.2) is 13.4 Å². The zero-order valence-corrected chi connectivity index (χ0v) is 14.0. The van der Waals surface area contributed by atoms with E-state index in [-0.39, 0.29) is 16.9 Å². The number of hydrogen-bond acceptors (Lipinski definition) is 4. The highest BCUT2D eigenvalue weighted by atomic mass is 79.9. The van der Waals surface area contributed by atoms with Gasteiger partial charge in [-0.1, -0.05) is 15.9 Å². The van der Waals surface area contributed by atoms with Crippen molar-refractivity contribution >= 4 is 31.6 Å². The van der Waals surface area contributed by atoms with Crippen LogP contribution in [0.5, 0.6) is 5.88 Å². The molecule has 1 heterocycles. The van der Waals surface area contributed by atoms with Crippen LogP contribution in [0.3, 0.4) is 0 Å². The number of pyridine rings is 1. The Morgan fingerprint density at radius 2 is 1.86 bits per heavy atom. The average molecular weight is 371 g/mol. The maximum atomic E-state index is 12.3. The Balaban J connectivity index is 2.30. The van der Waals surface area contributed by atoms with Crippen LogP contribution in [0.15, 0.2) is 52.0 Å². The molecule has 2 aromatic rings. The summed E-state index contributed by atoms with van der Waals surface area (Å²) in [5, 5.41) is 0. The molecule has 0 aliphatic heterocycles. The Hall–Kier alpha value is -1.60. The summed E-state index contributed by atoms with van der Waals surface area (Å²) < 4.78 is 33.5. The van der Waals surface area contributed by atoms with Gasteiger partial charge in [0.15, 0.2) is 0 Å². The number of aromatic nitrogens is 1. The predicted molar refractivity (Wildman–Crippen MR) is 85.0 cm³/mol. The lowest BCUT2D eigenvalue weighted by molar-refractivity contribution is 0.234. The van der Waals surface area contributed by atoms with Crippen LogP contribution in [0.2, 0.25) is 0 Å². The van der Waals surface area contributed by atoms with E-state index in [2.05, 4.69) is 25.6 Å². The summed E-state index contributed by atoms with van der Waals surface area (Å²) in [6.07, 6.45) is 1.45. The minimum absolute atomic E-state index is 0.101. The molecular formula is C14H15BrN2O3S. The monoisotopic (exact) mass is 370 g/mol. The Labute approximate surface area is 132 Å². The number of rotatable bonds is 5. The lowest BCUT2D eigenvalue weighted by Gasteiger charge is -2.14. The lowest BCUT2D eigenvalue weighted by Crippen LogP contribution is -2.15. The van der Waals surface area contributed by atoms with Crippen molar-refractivity contribution in [2.75, 3.05) is 4.72 Å². The third kappa shape index (κ3) is 4.18. The summed E-state index contributed by atoms with van der Waals surface area (Å²) in [7, 11) is -3.68. The van der Waals surface area contributed by atoms with Crippen LogP contribution < -0.4 is 9.46 Å². The maximum absolute atomic E-state index is 12.3. The fourth-order valence-corrected chi connectivity index (χ4v) is 2.92. The van der Waals surface area contributed by atoms with E-state index in [1.54, 1.807) is 30.5 Å². The van der Waals surface area contributed by atoms with Crippen molar-refractivity contribution in [1.29, 1.82) is 0 Å². The fraction of sp³-hybridized carbons (Fsp3) is 0.214. The number of sulfonamides is 1. The van der Waals surface area contributed by atoms with Gasteiger partial charge in [0.05, 0.1) is 11.0 Å². The number of ether oxygens (including phenoxy) is 1. The second kappa shape index (κ2) is 6.44. The smallest absolute Gasteiger partial charge is 0.262 e. The Kier molecular flexibility index (Phi) is 4.84. The van der Waals surface area contributed by atoms with Gasteiger partial charge in [0.2, 0.25) is 5.88 Å². The van der Waals surface area contributed by atoms with E-state index >= 15 is 0 Å². The highest BCUT2D eigenvalue weighted by molar-refractivity contribution is 9.10. The van der Waals surface area contributed by atoms with Crippen molar-refractivity contribution in [2.24, 2.45) is 0 Å². The topological polar surface area (TPSA) is 68.3 Å². The average Bonchev–Trinajstić information content (AvgIpc) is 2.40. The molecule has 0 fully saturated rings. The molecule has 7 heteroatoms. The van der Waals surface area contributed by atoms with Gasteiger partial charge in [-0.3, -0.25) is 4.72 Å². The first-order valence-corrected chi connectivity index (χ1v) is 8.56. The van der Waals surface area contributed by atoms with Gasteiger partial charge in [0.1, 0.15) is 5.69 Å². The Morgan fingerprint density at radius 1 is 1.19 bits per heavy atom. The largest absolute Gasteiger partial charge is 0.473 e. The number of nitrogens with zero attached hydrogens (tertiary/aromatic N) is 1. The van der Waals surface area contributed by atoms with Gasteiger partial charge in [-0.15, -0.1) is 0 Å². The summed E-state index contributed by atoms with van der Waals surface area (Å²) in [4.78, 5) is 4.23. The number of benzene rings is 1. The molecule has 0 aliphatic rings. The Bertz CT molecular complexity index is 715. The van der Waals surface area contributed by atoms with Crippen LogP contribution in [-0.2, 0) is 10.0 Å². The molecular weight excluding hydrogens is 356 g/mol. The van der Waals surface area contributed by atoms with Crippen molar-refractivity contribution in [3.8, 4) is 5.88 Å². The molecule has 0 spiro atoms. The first-order chi connectivity index (χ1) is 9.88. The van der Waals surface area contributed by atoms with E-state index in [4.69, 9.17) is 4.74 Å². The minimum Gasteiger partial charge on any atom is -0.473 e. The molecule has 0 saturated heterocycles. The summed E-state index contributed by atoms with van der Waals surface area (Å²) in [6.45, 7) is 3.70. The molecule has 5 nitrogen and oxygen atoms in total. The zero-order valence-electron chi connectivity index (χ0n) is 11.6. The third-order valence-electron chi connectivity index (χ3n) is 2.49. The van der Waals surface area contributed by atoms with Gasteiger partial charge < -0.3 is 4.74 Å². The van der Waals surface area contributed by atoms with Crippen molar-refractivity contribution in [1.82, 2.24) is 4.98 Å². The van der Waals surface area contributed by atoms with Crippen molar-refractivity contribution in [3.05, 3.63) is 47.1 Å². The fourth-order valence-electron chi connectivity index (χ4n) is 1.60. The summed E-state index contributed by atoms with van der Waals surface area (Å²) in [5.41, 5.74) is 0.314. The molecule has 0 bridgehead atoms. The molecule has 0 radical (unpaired) electrons. The van der Waals surface area contributed by atoms with Gasteiger partial charge >= 0.3 is 0 Å². The molecule has 1 aromatic carbocycles. The van der Waals surface area contributed by atoms with Crippen molar-refractivity contribution in [3.63, 3.8) is 0 Å². The van der Waals surface area contributed by atoms with Crippen molar-refractivity contribution in [2.45, 2.75) is 24.8 Å². The maximum Gasteiger partial charge on any atom is 0.262 e. The molecule has 0 amide bonds. The summed E-state index contributed by atoms with van der Waals surface area (Å²) >= 11 is 3.27. The number of nitrogens with one attached hydrogen (secondary N) is 1. The standard InChI is InChI=1S/C14H15BrN2O3S/c1-10(2)20-14-13(4-3-9-16-14)17-21(18,19)12-7-5-11(15)6-8-12/h3-10,17H,1-2H3. The molecule has 1 aromatic heterocycles. The zero-order chi connectivity index (χ0) is 15.5. The molecule has 21 heavy (non-hydrogen) atoms. The van der Waals surface area contributed by atoms with Crippen LogP contribution in [0.4, 0.5) is 5.69 Å². The molecule has 112 valence electrons. The molecule has 0 saturated carbocycles. The van der Waals surface area contributed by atoms with E-state index in [1.807, 2.05) is 13.8 Å². The van der Waals surface area contributed by atoms with Crippen LogP contribution >= 0.6 is 15.9 Å². The van der Waals surface area contributed by atoms with Gasteiger partial charge in [-0.05, 0) is 50.2 Å². The Morgan fingerprint density at radius 3 is 2.48 bits per heavy atom. The summed E-state index contributed by atoms with van der Waals surface area (Å²) in [5.74, 6) is 0.258. The number of hydrogen-bond donors (Lipinski definition) is 1. The lowest BCUT2D eigenvalue weighted by atomic mass is 10.4. The van der Waals surface area contributed by atoms with Crippen LogP contribution in [-0.4, -0.2) is 19.5 Å². The van der Waals surface area contributed by atoms with E-state index in [0.29, 0.717) is 5.69 Å². The van der Waals surface area contributed by atoms with Gasteiger partial charge in [0, 0.05) is 10.7 Å². The third-order valence-corrected chi connectivity index (χ3v) is 4.40. The van der Waals surface area contributed by atoms with E-state index < -0.39 is 10.0 Å². The van der Waals surface area contributed by atoms with E-state index in [1.165, 1.54) is 12.1 Å². The first kappa shape index (κ1) is 15.8. The normalized spacial score (nSPS) is 11.4. The minimum atomic E-state index is -3.68. The highest BCUT2D eigenvalue weighted by Crippen LogP contribution is 2.25. The van der Waals surface area contributed by atoms with Crippen LogP contribution in [0, 0.1) is 0 Å². The molecule has 0 aliphatic carbocycles. The number of anilines is 1. The van der Waals surface area contributed by atoms with Gasteiger partial charge in [0.25, 0.3) is 10.0 Å². The van der Waals surface area contributed by atoms with E-state index in [9.17, 15) is 8.42 Å². The molecule has 0 atom stereocenters. The second-order valence-electron chi connectivity index (χ2n) is 4.58. The SMILES string of the molecule is CC(C)Oc1ncccc1NS(=O)(=O)c1ccc(Br)cc1. The van der Waals surface area contributed by atoms with Crippen LogP contribution in [0.25, 0.3) is 0 Å².